The van der Waals surface area contributed by atoms with Crippen molar-refractivity contribution < 1.29 is 0 Å². The number of likely N-dealkylation sites (N-methyl/N-ethyl adjacent to an activating group) is 1. The number of rotatable bonds is 8. The molecule has 1 aromatic carbocycles. The maximum atomic E-state index is 3.87. The first-order chi connectivity index (χ1) is 10.3. The molecule has 1 saturated carbocycles. The van der Waals surface area contributed by atoms with Crippen LogP contribution in [-0.2, 0) is 5.41 Å². The van der Waals surface area contributed by atoms with Crippen LogP contribution in [0.1, 0.15) is 63.9 Å². The number of benzene rings is 1. The SMILES string of the molecule is C=CCCCC(NCC)C1(c2ccccc2)CCCCC1. The second-order valence-electron chi connectivity index (χ2n) is 6.41. The third-order valence-corrected chi connectivity index (χ3v) is 5.11. The van der Waals surface area contributed by atoms with Crippen molar-refractivity contribution in [2.24, 2.45) is 0 Å². The lowest BCUT2D eigenvalue weighted by Crippen LogP contribution is -2.49. The van der Waals surface area contributed by atoms with E-state index in [0.717, 1.165) is 13.0 Å². The second kappa shape index (κ2) is 8.38. The first-order valence-corrected chi connectivity index (χ1v) is 8.73. The molecule has 0 amide bonds. The highest BCUT2D eigenvalue weighted by Crippen LogP contribution is 2.43. The first kappa shape index (κ1) is 16.3. The van der Waals surface area contributed by atoms with Crippen LogP contribution in [0.2, 0.25) is 0 Å². The predicted octanol–water partition coefficient (Wildman–Crippen LogP) is 5.22. The van der Waals surface area contributed by atoms with E-state index in [0.29, 0.717) is 11.5 Å². The average Bonchev–Trinajstić information content (AvgIpc) is 2.56. The molecule has 2 rings (SSSR count). The van der Waals surface area contributed by atoms with E-state index < -0.39 is 0 Å². The van der Waals surface area contributed by atoms with Gasteiger partial charge >= 0.3 is 0 Å². The Morgan fingerprint density at radius 3 is 2.52 bits per heavy atom. The van der Waals surface area contributed by atoms with Crippen molar-refractivity contribution in [1.29, 1.82) is 0 Å². The molecule has 1 unspecified atom stereocenters. The molecule has 0 saturated heterocycles. The van der Waals surface area contributed by atoms with E-state index >= 15 is 0 Å². The minimum atomic E-state index is 0.344. The fourth-order valence-corrected chi connectivity index (χ4v) is 4.08. The van der Waals surface area contributed by atoms with Crippen LogP contribution in [-0.4, -0.2) is 12.6 Å². The molecule has 0 spiro atoms. The van der Waals surface area contributed by atoms with Crippen molar-refractivity contribution in [2.45, 2.75) is 69.7 Å². The van der Waals surface area contributed by atoms with Crippen LogP contribution in [0.3, 0.4) is 0 Å². The molecule has 1 fully saturated rings. The number of allylic oxidation sites excluding steroid dienone is 1. The molecule has 1 atom stereocenters. The zero-order valence-electron chi connectivity index (χ0n) is 13.6. The lowest BCUT2D eigenvalue weighted by atomic mass is 9.64. The maximum absolute atomic E-state index is 3.87. The zero-order chi connectivity index (χ0) is 15.0. The van der Waals surface area contributed by atoms with Gasteiger partial charge in [0.2, 0.25) is 0 Å². The maximum Gasteiger partial charge on any atom is 0.0164 e. The molecule has 0 radical (unpaired) electrons. The smallest absolute Gasteiger partial charge is 0.0164 e. The summed E-state index contributed by atoms with van der Waals surface area (Å²) in [7, 11) is 0. The van der Waals surface area contributed by atoms with Crippen LogP contribution in [0.5, 0.6) is 0 Å². The van der Waals surface area contributed by atoms with Crippen molar-refractivity contribution in [3.63, 3.8) is 0 Å². The Hall–Kier alpha value is -1.08. The summed E-state index contributed by atoms with van der Waals surface area (Å²) in [6.07, 6.45) is 12.5. The monoisotopic (exact) mass is 285 g/mol. The highest BCUT2D eigenvalue weighted by molar-refractivity contribution is 5.28. The van der Waals surface area contributed by atoms with Crippen LogP contribution in [0.15, 0.2) is 43.0 Å². The van der Waals surface area contributed by atoms with Crippen molar-refractivity contribution in [1.82, 2.24) is 5.32 Å². The van der Waals surface area contributed by atoms with Crippen molar-refractivity contribution in [2.75, 3.05) is 6.54 Å². The molecule has 1 heteroatoms. The Labute approximate surface area is 130 Å². The molecule has 0 bridgehead atoms. The first-order valence-electron chi connectivity index (χ1n) is 8.73. The van der Waals surface area contributed by atoms with Gasteiger partial charge in [-0.15, -0.1) is 6.58 Å². The minimum absolute atomic E-state index is 0.344. The summed E-state index contributed by atoms with van der Waals surface area (Å²) in [5.41, 5.74) is 1.89. The summed E-state index contributed by atoms with van der Waals surface area (Å²) in [5, 5.41) is 3.82. The third-order valence-electron chi connectivity index (χ3n) is 5.11. The molecule has 1 nitrogen and oxygen atoms in total. The van der Waals surface area contributed by atoms with Gasteiger partial charge in [0.05, 0.1) is 0 Å². The molecule has 21 heavy (non-hydrogen) atoms. The summed E-state index contributed by atoms with van der Waals surface area (Å²) in [4.78, 5) is 0. The zero-order valence-corrected chi connectivity index (χ0v) is 13.6. The van der Waals surface area contributed by atoms with Gasteiger partial charge in [0.25, 0.3) is 0 Å². The van der Waals surface area contributed by atoms with Crippen molar-refractivity contribution >= 4 is 0 Å². The van der Waals surface area contributed by atoms with Gasteiger partial charge in [0.15, 0.2) is 0 Å². The Balaban J connectivity index is 2.25. The van der Waals surface area contributed by atoms with Gasteiger partial charge in [-0.2, -0.15) is 0 Å². The fourth-order valence-electron chi connectivity index (χ4n) is 4.08. The Kier molecular flexibility index (Phi) is 6.50. The van der Waals surface area contributed by atoms with Gasteiger partial charge in [-0.1, -0.05) is 62.6 Å². The molecular weight excluding hydrogens is 254 g/mol. The summed E-state index contributed by atoms with van der Waals surface area (Å²) in [6.45, 7) is 7.17. The lowest BCUT2D eigenvalue weighted by Gasteiger charge is -2.45. The number of nitrogens with one attached hydrogen (secondary N) is 1. The average molecular weight is 285 g/mol. The summed E-state index contributed by atoms with van der Waals surface area (Å²) in [5.74, 6) is 0. The number of unbranched alkanes of at least 4 members (excludes halogenated alkanes) is 1. The van der Waals surface area contributed by atoms with Gasteiger partial charge < -0.3 is 5.32 Å². The molecular formula is C20H31N. The second-order valence-corrected chi connectivity index (χ2v) is 6.41. The van der Waals surface area contributed by atoms with Gasteiger partial charge in [0, 0.05) is 11.5 Å². The fraction of sp³-hybridized carbons (Fsp3) is 0.600. The van der Waals surface area contributed by atoms with E-state index in [9.17, 15) is 0 Å². The minimum Gasteiger partial charge on any atom is -0.313 e. The molecule has 1 N–H and O–H groups in total. The van der Waals surface area contributed by atoms with Crippen molar-refractivity contribution in [3.05, 3.63) is 48.6 Å². The molecule has 1 aliphatic carbocycles. The topological polar surface area (TPSA) is 12.0 Å². The third kappa shape index (κ3) is 3.97. The largest absolute Gasteiger partial charge is 0.313 e. The van der Waals surface area contributed by atoms with Crippen LogP contribution in [0, 0.1) is 0 Å². The highest BCUT2D eigenvalue weighted by atomic mass is 14.9. The van der Waals surface area contributed by atoms with Crippen LogP contribution >= 0.6 is 0 Å². The summed E-state index contributed by atoms with van der Waals surface area (Å²) in [6, 6.07) is 11.9. The van der Waals surface area contributed by atoms with Crippen molar-refractivity contribution in [3.8, 4) is 0 Å². The number of hydrogen-bond acceptors (Lipinski definition) is 1. The van der Waals surface area contributed by atoms with Gasteiger partial charge in [-0.3, -0.25) is 0 Å². The quantitative estimate of drug-likeness (QED) is 0.510. The molecule has 1 aliphatic rings. The predicted molar refractivity (Wildman–Crippen MR) is 92.7 cm³/mol. The molecule has 0 aliphatic heterocycles. The van der Waals surface area contributed by atoms with Gasteiger partial charge in [0.1, 0.15) is 0 Å². The van der Waals surface area contributed by atoms with Crippen LogP contribution in [0.4, 0.5) is 0 Å². The van der Waals surface area contributed by atoms with E-state index in [4.69, 9.17) is 0 Å². The van der Waals surface area contributed by atoms with E-state index in [2.05, 4.69) is 55.2 Å². The summed E-state index contributed by atoms with van der Waals surface area (Å²) < 4.78 is 0. The lowest BCUT2D eigenvalue weighted by molar-refractivity contribution is 0.203. The molecule has 116 valence electrons. The standard InChI is InChI=1S/C20H31N/c1-3-5-8-15-19(21-4-2)20(16-11-7-12-17-20)18-13-9-6-10-14-18/h3,6,9-10,13-14,19,21H,1,4-5,7-8,11-12,15-17H2,2H3. The Morgan fingerprint density at radius 2 is 1.90 bits per heavy atom. The Morgan fingerprint density at radius 1 is 1.19 bits per heavy atom. The highest BCUT2D eigenvalue weighted by Gasteiger charge is 2.40. The molecule has 0 aromatic heterocycles. The van der Waals surface area contributed by atoms with E-state index in [-0.39, 0.29) is 0 Å². The molecule has 1 aromatic rings. The summed E-state index contributed by atoms with van der Waals surface area (Å²) >= 11 is 0. The Bertz CT molecular complexity index is 403. The number of hydrogen-bond donors (Lipinski definition) is 1. The van der Waals surface area contributed by atoms with E-state index in [1.807, 2.05) is 0 Å². The van der Waals surface area contributed by atoms with E-state index in [1.165, 1.54) is 44.9 Å². The van der Waals surface area contributed by atoms with Gasteiger partial charge in [-0.05, 0) is 44.2 Å². The van der Waals surface area contributed by atoms with Gasteiger partial charge in [-0.25, -0.2) is 0 Å². The van der Waals surface area contributed by atoms with E-state index in [1.54, 1.807) is 5.56 Å². The normalized spacial score (nSPS) is 19.1. The van der Waals surface area contributed by atoms with Crippen LogP contribution in [0.25, 0.3) is 0 Å². The van der Waals surface area contributed by atoms with Crippen LogP contribution < -0.4 is 5.32 Å². The molecule has 0 heterocycles.